The third-order valence-corrected chi connectivity index (χ3v) is 5.44. The largest absolute Gasteiger partial charge is 0.416 e. The van der Waals surface area contributed by atoms with E-state index in [1.807, 2.05) is 18.9 Å². The molecular formula is C20H24F3N5O2. The van der Waals surface area contributed by atoms with Gasteiger partial charge in [0.1, 0.15) is 0 Å². The molecule has 1 aliphatic rings. The number of primary amides is 1. The van der Waals surface area contributed by atoms with Crippen molar-refractivity contribution in [2.45, 2.75) is 44.6 Å². The first kappa shape index (κ1) is 21.8. The summed E-state index contributed by atoms with van der Waals surface area (Å²) in [6, 6.07) is 6.41. The van der Waals surface area contributed by atoms with Crippen molar-refractivity contribution >= 4 is 11.9 Å². The molecule has 2 atom stereocenters. The Bertz CT molecular complexity index is 927. The van der Waals surface area contributed by atoms with Gasteiger partial charge in [-0.25, -0.2) is 4.79 Å². The van der Waals surface area contributed by atoms with E-state index in [9.17, 15) is 22.8 Å². The van der Waals surface area contributed by atoms with Gasteiger partial charge < -0.3 is 10.6 Å². The zero-order chi connectivity index (χ0) is 22.1. The van der Waals surface area contributed by atoms with Crippen molar-refractivity contribution in [2.75, 3.05) is 13.6 Å². The molecule has 0 bridgehead atoms. The predicted octanol–water partition coefficient (Wildman–Crippen LogP) is 2.95. The van der Waals surface area contributed by atoms with Crippen LogP contribution in [0.4, 0.5) is 18.0 Å². The van der Waals surface area contributed by atoms with Gasteiger partial charge in [0.15, 0.2) is 5.69 Å². The van der Waals surface area contributed by atoms with Crippen LogP contribution in [0.1, 0.15) is 41.4 Å². The summed E-state index contributed by atoms with van der Waals surface area (Å²) in [6.07, 6.45) is -1.61. The summed E-state index contributed by atoms with van der Waals surface area (Å²) >= 11 is 0. The molecule has 0 radical (unpaired) electrons. The monoisotopic (exact) mass is 423 g/mol. The van der Waals surface area contributed by atoms with E-state index in [1.165, 1.54) is 24.4 Å². The number of amides is 2. The SMILES string of the molecule is C[C@H]1CC(N(C)Cc2cccc(C(F)(F)F)c2)CCN1C(=O)n1ccc(C(N)=O)n1. The Morgan fingerprint density at radius 1 is 1.30 bits per heavy atom. The Kier molecular flexibility index (Phi) is 6.16. The van der Waals surface area contributed by atoms with Gasteiger partial charge in [0.2, 0.25) is 0 Å². The molecule has 0 spiro atoms. The van der Waals surface area contributed by atoms with Crippen molar-refractivity contribution in [3.63, 3.8) is 0 Å². The molecule has 1 aromatic heterocycles. The first-order valence-corrected chi connectivity index (χ1v) is 9.59. The summed E-state index contributed by atoms with van der Waals surface area (Å²) in [6.45, 7) is 2.78. The van der Waals surface area contributed by atoms with E-state index in [0.717, 1.165) is 10.7 Å². The number of carbonyl (C=O) groups is 2. The molecule has 3 rings (SSSR count). The highest BCUT2D eigenvalue weighted by molar-refractivity contribution is 5.91. The quantitative estimate of drug-likeness (QED) is 0.820. The second kappa shape index (κ2) is 8.47. The van der Waals surface area contributed by atoms with Crippen molar-refractivity contribution in [3.05, 3.63) is 53.3 Å². The Morgan fingerprint density at radius 3 is 2.63 bits per heavy atom. The molecule has 2 N–H and O–H groups in total. The van der Waals surface area contributed by atoms with Crippen LogP contribution in [0.5, 0.6) is 0 Å². The molecule has 2 amide bonds. The second-order valence-electron chi connectivity index (χ2n) is 7.63. The number of hydrogen-bond acceptors (Lipinski definition) is 4. The van der Waals surface area contributed by atoms with E-state index >= 15 is 0 Å². The first-order chi connectivity index (χ1) is 14.1. The first-order valence-electron chi connectivity index (χ1n) is 9.59. The highest BCUT2D eigenvalue weighted by atomic mass is 19.4. The average molecular weight is 423 g/mol. The molecule has 2 heterocycles. The van der Waals surface area contributed by atoms with Crippen LogP contribution in [0, 0.1) is 0 Å². The van der Waals surface area contributed by atoms with Gasteiger partial charge in [-0.1, -0.05) is 18.2 Å². The number of halogens is 3. The van der Waals surface area contributed by atoms with Crippen LogP contribution in [0.25, 0.3) is 0 Å². The molecule has 7 nitrogen and oxygen atoms in total. The number of benzene rings is 1. The summed E-state index contributed by atoms with van der Waals surface area (Å²) < 4.78 is 39.9. The highest BCUT2D eigenvalue weighted by Gasteiger charge is 2.33. The number of nitrogens with two attached hydrogens (primary N) is 1. The van der Waals surface area contributed by atoms with E-state index in [4.69, 9.17) is 5.73 Å². The molecule has 30 heavy (non-hydrogen) atoms. The van der Waals surface area contributed by atoms with Gasteiger partial charge in [-0.3, -0.25) is 9.69 Å². The third kappa shape index (κ3) is 4.81. The van der Waals surface area contributed by atoms with Gasteiger partial charge in [-0.15, -0.1) is 0 Å². The van der Waals surface area contributed by atoms with Crippen molar-refractivity contribution in [1.82, 2.24) is 19.6 Å². The van der Waals surface area contributed by atoms with Gasteiger partial charge in [0.05, 0.1) is 5.56 Å². The third-order valence-electron chi connectivity index (χ3n) is 5.44. The van der Waals surface area contributed by atoms with E-state index in [0.29, 0.717) is 31.5 Å². The molecule has 1 fully saturated rings. The van der Waals surface area contributed by atoms with Crippen molar-refractivity contribution in [3.8, 4) is 0 Å². The number of aromatic nitrogens is 2. The summed E-state index contributed by atoms with van der Waals surface area (Å²) in [4.78, 5) is 27.6. The maximum absolute atomic E-state index is 12.9. The van der Waals surface area contributed by atoms with Crippen LogP contribution in [0.3, 0.4) is 0 Å². The minimum Gasteiger partial charge on any atom is -0.364 e. The fourth-order valence-electron chi connectivity index (χ4n) is 3.79. The second-order valence-corrected chi connectivity index (χ2v) is 7.63. The lowest BCUT2D eigenvalue weighted by Crippen LogP contribution is -2.51. The Labute approximate surface area is 172 Å². The van der Waals surface area contributed by atoms with Gasteiger partial charge in [-0.05, 0) is 44.5 Å². The number of hydrogen-bond donors (Lipinski definition) is 1. The normalized spacial score (nSPS) is 19.9. The van der Waals surface area contributed by atoms with Crippen LogP contribution < -0.4 is 5.73 Å². The molecule has 10 heteroatoms. The lowest BCUT2D eigenvalue weighted by Gasteiger charge is -2.40. The number of alkyl halides is 3. The average Bonchev–Trinajstić information content (AvgIpc) is 3.17. The van der Waals surface area contributed by atoms with Gasteiger partial charge in [-0.2, -0.15) is 23.0 Å². The minimum atomic E-state index is -4.37. The van der Waals surface area contributed by atoms with Crippen LogP contribution in [0.2, 0.25) is 0 Å². The highest BCUT2D eigenvalue weighted by Crippen LogP contribution is 2.30. The Balaban J connectivity index is 1.62. The van der Waals surface area contributed by atoms with Crippen LogP contribution >= 0.6 is 0 Å². The minimum absolute atomic E-state index is 0.0201. The number of rotatable bonds is 4. The van der Waals surface area contributed by atoms with Crippen LogP contribution in [-0.4, -0.2) is 57.2 Å². The zero-order valence-electron chi connectivity index (χ0n) is 16.8. The molecule has 1 aliphatic heterocycles. The fraction of sp³-hybridized carbons (Fsp3) is 0.450. The summed E-state index contributed by atoms with van der Waals surface area (Å²) in [7, 11) is 1.88. The zero-order valence-corrected chi connectivity index (χ0v) is 16.8. The summed E-state index contributed by atoms with van der Waals surface area (Å²) in [5, 5.41) is 3.91. The lowest BCUT2D eigenvalue weighted by molar-refractivity contribution is -0.137. The molecule has 162 valence electrons. The molecular weight excluding hydrogens is 399 g/mol. The van der Waals surface area contributed by atoms with E-state index < -0.39 is 17.6 Å². The summed E-state index contributed by atoms with van der Waals surface area (Å²) in [5.74, 6) is -0.704. The number of piperidine rings is 1. The molecule has 1 aromatic carbocycles. The number of nitrogens with zero attached hydrogens (tertiary/aromatic N) is 4. The van der Waals surface area contributed by atoms with Crippen LogP contribution in [0.15, 0.2) is 36.5 Å². The summed E-state index contributed by atoms with van der Waals surface area (Å²) in [5.41, 5.74) is 5.13. The van der Waals surface area contributed by atoms with E-state index in [2.05, 4.69) is 5.10 Å². The predicted molar refractivity (Wildman–Crippen MR) is 104 cm³/mol. The van der Waals surface area contributed by atoms with Crippen LogP contribution in [-0.2, 0) is 12.7 Å². The van der Waals surface area contributed by atoms with Crippen molar-refractivity contribution < 1.29 is 22.8 Å². The Morgan fingerprint density at radius 2 is 2.03 bits per heavy atom. The molecule has 1 saturated heterocycles. The maximum atomic E-state index is 12.9. The smallest absolute Gasteiger partial charge is 0.364 e. The maximum Gasteiger partial charge on any atom is 0.416 e. The van der Waals surface area contributed by atoms with Gasteiger partial charge in [0, 0.05) is 31.4 Å². The van der Waals surface area contributed by atoms with Gasteiger partial charge in [0.25, 0.3) is 5.91 Å². The standard InChI is InChI=1S/C20H24F3N5O2/c1-13-10-16(26(2)12-14-4-3-5-15(11-14)20(21,22)23)6-8-27(13)19(30)28-9-7-17(25-28)18(24)29/h3-5,7,9,11,13,16H,6,8,10,12H2,1-2H3,(H2,24,29)/t13-,16?/m0/s1. The molecule has 0 aliphatic carbocycles. The van der Waals surface area contributed by atoms with Crippen molar-refractivity contribution in [2.24, 2.45) is 5.73 Å². The Hall–Kier alpha value is -2.88. The van der Waals surface area contributed by atoms with E-state index in [-0.39, 0.29) is 23.8 Å². The van der Waals surface area contributed by atoms with Gasteiger partial charge >= 0.3 is 12.2 Å². The molecule has 0 saturated carbocycles. The molecule has 1 unspecified atom stereocenters. The lowest BCUT2D eigenvalue weighted by atomic mass is 9.97. The van der Waals surface area contributed by atoms with Crippen molar-refractivity contribution in [1.29, 1.82) is 0 Å². The number of carbonyl (C=O) groups excluding carboxylic acids is 2. The van der Waals surface area contributed by atoms with E-state index in [1.54, 1.807) is 11.0 Å². The topological polar surface area (TPSA) is 84.5 Å². The molecule has 2 aromatic rings. The number of likely N-dealkylation sites (tertiary alicyclic amines) is 1. The fourth-order valence-corrected chi connectivity index (χ4v) is 3.79.